The zero-order valence-corrected chi connectivity index (χ0v) is 21.3. The average molecular weight is 515 g/mol. The Balaban J connectivity index is 1.26. The summed E-state index contributed by atoms with van der Waals surface area (Å²) in [7, 11) is 1.65. The molecule has 1 saturated heterocycles. The Kier molecular flexibility index (Phi) is 9.15. The number of rotatable bonds is 11. The van der Waals surface area contributed by atoms with E-state index < -0.39 is 23.5 Å². The van der Waals surface area contributed by atoms with Gasteiger partial charge in [0.05, 0.1) is 23.4 Å². The minimum absolute atomic E-state index is 0.0556. The van der Waals surface area contributed by atoms with E-state index in [0.717, 1.165) is 61.8 Å². The van der Waals surface area contributed by atoms with E-state index in [-0.39, 0.29) is 10.8 Å². The third-order valence-electron chi connectivity index (χ3n) is 7.00. The Morgan fingerprint density at radius 1 is 1.19 bits per heavy atom. The molecule has 0 amide bonds. The molecule has 2 heterocycles. The van der Waals surface area contributed by atoms with Crippen LogP contribution in [0.1, 0.15) is 31.2 Å². The number of carbonyl (C=O) groups is 1. The van der Waals surface area contributed by atoms with E-state index in [2.05, 4.69) is 9.88 Å². The highest BCUT2D eigenvalue weighted by molar-refractivity contribution is 7.99. The zero-order chi connectivity index (χ0) is 25.5. The highest BCUT2D eigenvalue weighted by Crippen LogP contribution is 2.31. The quantitative estimate of drug-likeness (QED) is 0.248. The molecule has 8 heteroatoms. The number of aryl methyl sites for hydroxylation is 1. The molecule has 1 aromatic heterocycles. The highest BCUT2D eigenvalue weighted by Gasteiger charge is 2.33. The molecule has 0 unspecified atom stereocenters. The first-order chi connectivity index (χ1) is 17.5. The second-order valence-electron chi connectivity index (χ2n) is 9.29. The number of nitrogens with zero attached hydrogens (tertiary/aromatic N) is 2. The van der Waals surface area contributed by atoms with Crippen LogP contribution in [-0.4, -0.2) is 53.5 Å². The van der Waals surface area contributed by atoms with Crippen LogP contribution in [0.5, 0.6) is 5.75 Å². The Labute approximate surface area is 214 Å². The van der Waals surface area contributed by atoms with Gasteiger partial charge >= 0.3 is 5.97 Å². The van der Waals surface area contributed by atoms with Crippen LogP contribution in [0, 0.1) is 23.5 Å². The van der Waals surface area contributed by atoms with E-state index in [4.69, 9.17) is 4.74 Å². The number of fused-ring (bicyclic) bond motifs is 1. The van der Waals surface area contributed by atoms with Crippen LogP contribution in [-0.2, 0) is 11.2 Å². The second kappa shape index (κ2) is 12.5. The molecule has 1 N–H and O–H groups in total. The first kappa shape index (κ1) is 26.4. The van der Waals surface area contributed by atoms with Crippen molar-refractivity contribution in [2.24, 2.45) is 11.8 Å². The molecule has 4 rings (SSSR count). The lowest BCUT2D eigenvalue weighted by atomic mass is 9.81. The van der Waals surface area contributed by atoms with Crippen molar-refractivity contribution in [3.05, 3.63) is 65.9 Å². The van der Waals surface area contributed by atoms with Gasteiger partial charge in [0.1, 0.15) is 17.4 Å². The second-order valence-corrected chi connectivity index (χ2v) is 10.4. The number of pyridine rings is 1. The summed E-state index contributed by atoms with van der Waals surface area (Å²) in [5.74, 6) is -0.691. The van der Waals surface area contributed by atoms with Crippen LogP contribution < -0.4 is 4.74 Å². The van der Waals surface area contributed by atoms with Gasteiger partial charge in [-0.05, 0) is 98.8 Å². The number of carboxylic acid groups (broad SMARTS) is 1. The Hall–Kier alpha value is -2.71. The number of thioether (sulfide) groups is 1. The third-order valence-corrected chi connectivity index (χ3v) is 8.17. The largest absolute Gasteiger partial charge is 0.497 e. The molecule has 2 aromatic carbocycles. The number of halogens is 2. The number of ether oxygens (including phenoxy) is 1. The van der Waals surface area contributed by atoms with Crippen molar-refractivity contribution < 1.29 is 23.4 Å². The number of aromatic nitrogens is 1. The van der Waals surface area contributed by atoms with Crippen LogP contribution in [0.4, 0.5) is 8.78 Å². The Morgan fingerprint density at radius 3 is 2.75 bits per heavy atom. The smallest absolute Gasteiger partial charge is 0.308 e. The molecule has 0 saturated carbocycles. The van der Waals surface area contributed by atoms with Crippen molar-refractivity contribution in [3.63, 3.8) is 0 Å². The Morgan fingerprint density at radius 2 is 2.00 bits per heavy atom. The molecule has 1 aliphatic heterocycles. The van der Waals surface area contributed by atoms with Crippen LogP contribution in [0.15, 0.2) is 53.6 Å². The van der Waals surface area contributed by atoms with Gasteiger partial charge in [0, 0.05) is 18.1 Å². The predicted octanol–water partition coefficient (Wildman–Crippen LogP) is 6.05. The van der Waals surface area contributed by atoms with E-state index >= 15 is 0 Å². The summed E-state index contributed by atoms with van der Waals surface area (Å²) in [6.07, 6.45) is 6.05. The summed E-state index contributed by atoms with van der Waals surface area (Å²) in [4.78, 5) is 18.7. The summed E-state index contributed by atoms with van der Waals surface area (Å²) in [6, 6.07) is 11.8. The number of carboxylic acids is 1. The maximum atomic E-state index is 13.8. The van der Waals surface area contributed by atoms with Crippen LogP contribution in [0.25, 0.3) is 10.9 Å². The number of piperidine rings is 1. The summed E-state index contributed by atoms with van der Waals surface area (Å²) >= 11 is 1.18. The molecule has 1 fully saturated rings. The van der Waals surface area contributed by atoms with Gasteiger partial charge in [0.2, 0.25) is 0 Å². The van der Waals surface area contributed by atoms with Gasteiger partial charge in [0.25, 0.3) is 0 Å². The van der Waals surface area contributed by atoms with Crippen LogP contribution >= 0.6 is 11.8 Å². The summed E-state index contributed by atoms with van der Waals surface area (Å²) in [5, 5.41) is 11.0. The van der Waals surface area contributed by atoms with Gasteiger partial charge in [-0.2, -0.15) is 0 Å². The van der Waals surface area contributed by atoms with E-state index in [0.29, 0.717) is 12.3 Å². The molecule has 0 radical (unpaired) electrons. The van der Waals surface area contributed by atoms with Crippen LogP contribution in [0.3, 0.4) is 0 Å². The molecule has 1 aliphatic rings. The molecule has 2 atom stereocenters. The average Bonchev–Trinajstić information content (AvgIpc) is 2.88. The molecular formula is C28H32F2N2O3S. The maximum absolute atomic E-state index is 13.8. The van der Waals surface area contributed by atoms with Crippen molar-refractivity contribution >= 4 is 28.6 Å². The monoisotopic (exact) mass is 514 g/mol. The SMILES string of the molecule is COc1ccc2nccc(CCC[C@@H]3CCN(CCCSc4c(F)cccc4F)C[C@@H]3C(=O)O)c2c1. The van der Waals surface area contributed by atoms with E-state index in [1.165, 1.54) is 35.5 Å². The lowest BCUT2D eigenvalue weighted by Crippen LogP contribution is -2.44. The fourth-order valence-electron chi connectivity index (χ4n) is 5.06. The molecule has 36 heavy (non-hydrogen) atoms. The van der Waals surface area contributed by atoms with Gasteiger partial charge in [-0.3, -0.25) is 9.78 Å². The number of aliphatic carboxylic acids is 1. The van der Waals surface area contributed by atoms with Crippen molar-refractivity contribution in [2.45, 2.75) is 37.0 Å². The van der Waals surface area contributed by atoms with Crippen molar-refractivity contribution in [3.8, 4) is 5.75 Å². The molecule has 0 bridgehead atoms. The molecule has 3 aromatic rings. The number of likely N-dealkylation sites (tertiary alicyclic amines) is 1. The van der Waals surface area contributed by atoms with Gasteiger partial charge in [0.15, 0.2) is 0 Å². The minimum atomic E-state index is -0.744. The van der Waals surface area contributed by atoms with E-state index in [1.54, 1.807) is 7.11 Å². The maximum Gasteiger partial charge on any atom is 0.308 e. The Bertz CT molecular complexity index is 1170. The lowest BCUT2D eigenvalue weighted by Gasteiger charge is -2.36. The van der Waals surface area contributed by atoms with Gasteiger partial charge in [-0.25, -0.2) is 8.78 Å². The van der Waals surface area contributed by atoms with Gasteiger partial charge < -0.3 is 14.7 Å². The molecule has 0 aliphatic carbocycles. The van der Waals surface area contributed by atoms with E-state index in [9.17, 15) is 18.7 Å². The topological polar surface area (TPSA) is 62.7 Å². The number of methoxy groups -OCH3 is 1. The first-order valence-electron chi connectivity index (χ1n) is 12.4. The molecule has 5 nitrogen and oxygen atoms in total. The standard InChI is InChI=1S/C28H32F2N2O3S/c1-35-21-9-10-26-22(17-21)19(11-13-31-26)5-2-6-20-12-15-32(18-23(20)28(33)34)14-4-16-36-27-24(29)7-3-8-25(27)30/h3,7-11,13,17,20,23H,2,4-6,12,14-16,18H2,1H3,(H,33,34)/t20-,23+/m1/s1. The van der Waals surface area contributed by atoms with Gasteiger partial charge in [-0.15, -0.1) is 11.8 Å². The molecular weight excluding hydrogens is 482 g/mol. The fourth-order valence-corrected chi connectivity index (χ4v) is 5.95. The first-order valence-corrected chi connectivity index (χ1v) is 13.4. The van der Waals surface area contributed by atoms with Crippen molar-refractivity contribution in [2.75, 3.05) is 32.5 Å². The van der Waals surface area contributed by atoms with Gasteiger partial charge in [-0.1, -0.05) is 6.07 Å². The van der Waals surface area contributed by atoms with Crippen molar-refractivity contribution in [1.29, 1.82) is 0 Å². The summed E-state index contributed by atoms with van der Waals surface area (Å²) in [5.41, 5.74) is 2.13. The molecule has 0 spiro atoms. The third kappa shape index (κ3) is 6.53. The number of hydrogen-bond acceptors (Lipinski definition) is 5. The zero-order valence-electron chi connectivity index (χ0n) is 20.5. The minimum Gasteiger partial charge on any atom is -0.497 e. The fraction of sp³-hybridized carbons (Fsp3) is 0.429. The van der Waals surface area contributed by atoms with Crippen molar-refractivity contribution in [1.82, 2.24) is 9.88 Å². The summed E-state index contributed by atoms with van der Waals surface area (Å²) < 4.78 is 32.9. The number of hydrogen-bond donors (Lipinski definition) is 1. The highest BCUT2D eigenvalue weighted by atomic mass is 32.2. The van der Waals surface area contributed by atoms with E-state index in [1.807, 2.05) is 30.5 Å². The molecule has 192 valence electrons. The lowest BCUT2D eigenvalue weighted by molar-refractivity contribution is -0.146. The predicted molar refractivity (Wildman–Crippen MR) is 139 cm³/mol. The normalized spacial score (nSPS) is 18.4. The number of benzene rings is 2. The van der Waals surface area contributed by atoms with Crippen LogP contribution in [0.2, 0.25) is 0 Å². The summed E-state index contributed by atoms with van der Waals surface area (Å²) in [6.45, 7) is 2.10.